The van der Waals surface area contributed by atoms with Crippen molar-refractivity contribution in [3.8, 4) is 11.5 Å². The molecule has 0 atom stereocenters. The van der Waals surface area contributed by atoms with Crippen molar-refractivity contribution in [2.75, 3.05) is 0 Å². The third-order valence-electron chi connectivity index (χ3n) is 2.43. The molecular weight excluding hydrogens is 248 g/mol. The molecule has 0 bridgehead atoms. The molecule has 0 fully saturated rings. The summed E-state index contributed by atoms with van der Waals surface area (Å²) in [6, 6.07) is 7.08. The number of nitrogens with one attached hydrogen (secondary N) is 1. The molecule has 0 aliphatic rings. The van der Waals surface area contributed by atoms with Crippen LogP contribution < -0.4 is 10.4 Å². The maximum absolute atomic E-state index is 10.8. The molecule has 0 spiro atoms. The van der Waals surface area contributed by atoms with Gasteiger partial charge in [0.2, 0.25) is 0 Å². The average Bonchev–Trinajstić information content (AvgIpc) is 2.40. The van der Waals surface area contributed by atoms with Crippen molar-refractivity contribution in [3.05, 3.63) is 52.7 Å². The SMILES string of the molecule is O=C(O)CCc1ccc(Oc2cnc(=O)[nH]c2)cc1. The normalized spacial score (nSPS) is 10.1. The van der Waals surface area contributed by atoms with Gasteiger partial charge in [0.25, 0.3) is 0 Å². The summed E-state index contributed by atoms with van der Waals surface area (Å²) in [7, 11) is 0. The van der Waals surface area contributed by atoms with Crippen molar-refractivity contribution in [1.82, 2.24) is 9.97 Å². The topological polar surface area (TPSA) is 92.3 Å². The van der Waals surface area contributed by atoms with E-state index >= 15 is 0 Å². The van der Waals surface area contributed by atoms with Gasteiger partial charge in [-0.05, 0) is 24.1 Å². The fraction of sp³-hybridized carbons (Fsp3) is 0.154. The molecule has 0 saturated carbocycles. The number of rotatable bonds is 5. The number of hydrogen-bond donors (Lipinski definition) is 2. The number of carbonyl (C=O) groups is 1. The van der Waals surface area contributed by atoms with Gasteiger partial charge in [0.15, 0.2) is 5.75 Å². The van der Waals surface area contributed by atoms with E-state index in [2.05, 4.69) is 9.97 Å². The van der Waals surface area contributed by atoms with Crippen LogP contribution in [0.1, 0.15) is 12.0 Å². The van der Waals surface area contributed by atoms with E-state index in [1.54, 1.807) is 24.3 Å². The molecule has 0 aliphatic carbocycles. The summed E-state index contributed by atoms with van der Waals surface area (Å²) in [6.45, 7) is 0. The third-order valence-corrected chi connectivity index (χ3v) is 2.43. The molecule has 0 amide bonds. The monoisotopic (exact) mass is 260 g/mol. The summed E-state index contributed by atoms with van der Waals surface area (Å²) in [5, 5.41) is 8.59. The molecule has 1 aromatic carbocycles. The van der Waals surface area contributed by atoms with Crippen LogP contribution >= 0.6 is 0 Å². The zero-order valence-corrected chi connectivity index (χ0v) is 10.00. The maximum atomic E-state index is 10.8. The molecule has 19 heavy (non-hydrogen) atoms. The zero-order chi connectivity index (χ0) is 13.7. The number of ether oxygens (including phenoxy) is 1. The van der Waals surface area contributed by atoms with E-state index < -0.39 is 11.7 Å². The molecule has 1 aromatic heterocycles. The highest BCUT2D eigenvalue weighted by molar-refractivity contribution is 5.67. The van der Waals surface area contributed by atoms with Gasteiger partial charge in [-0.3, -0.25) is 4.79 Å². The summed E-state index contributed by atoms with van der Waals surface area (Å²) in [4.78, 5) is 27.2. The van der Waals surface area contributed by atoms with Crippen LogP contribution in [0, 0.1) is 0 Å². The molecular formula is C13H12N2O4. The van der Waals surface area contributed by atoms with Gasteiger partial charge in [0, 0.05) is 6.42 Å². The van der Waals surface area contributed by atoms with Crippen molar-refractivity contribution in [2.45, 2.75) is 12.8 Å². The number of carboxylic acid groups (broad SMARTS) is 1. The number of aryl methyl sites for hydroxylation is 1. The molecule has 1 heterocycles. The highest BCUT2D eigenvalue weighted by Gasteiger charge is 2.01. The number of benzene rings is 1. The molecule has 0 aliphatic heterocycles. The molecule has 2 N–H and O–H groups in total. The van der Waals surface area contributed by atoms with E-state index in [4.69, 9.17) is 9.84 Å². The Morgan fingerprint density at radius 2 is 2.00 bits per heavy atom. The summed E-state index contributed by atoms with van der Waals surface area (Å²) in [5.41, 5.74) is 0.491. The summed E-state index contributed by atoms with van der Waals surface area (Å²) < 4.78 is 5.46. The predicted octanol–water partition coefficient (Wildman–Crippen LogP) is 1.58. The van der Waals surface area contributed by atoms with E-state index in [1.165, 1.54) is 12.4 Å². The number of nitrogens with zero attached hydrogens (tertiary/aromatic N) is 1. The van der Waals surface area contributed by atoms with E-state index in [-0.39, 0.29) is 6.42 Å². The molecule has 2 rings (SSSR count). The van der Waals surface area contributed by atoms with Crippen molar-refractivity contribution in [2.24, 2.45) is 0 Å². The first-order valence-corrected chi connectivity index (χ1v) is 5.67. The first-order chi connectivity index (χ1) is 9.13. The molecule has 98 valence electrons. The highest BCUT2D eigenvalue weighted by Crippen LogP contribution is 2.19. The number of aliphatic carboxylic acids is 1. The van der Waals surface area contributed by atoms with Gasteiger partial charge in [-0.25, -0.2) is 4.79 Å². The first-order valence-electron chi connectivity index (χ1n) is 5.67. The summed E-state index contributed by atoms with van der Waals surface area (Å²) in [6.07, 6.45) is 3.34. The smallest absolute Gasteiger partial charge is 0.345 e. The minimum absolute atomic E-state index is 0.101. The quantitative estimate of drug-likeness (QED) is 0.851. The second kappa shape index (κ2) is 5.81. The maximum Gasteiger partial charge on any atom is 0.345 e. The van der Waals surface area contributed by atoms with Crippen LogP contribution in [0.15, 0.2) is 41.5 Å². The molecule has 6 nitrogen and oxygen atoms in total. The molecule has 0 radical (unpaired) electrons. The number of aromatic nitrogens is 2. The average molecular weight is 260 g/mol. The summed E-state index contributed by atoms with van der Waals surface area (Å²) >= 11 is 0. The second-order valence-corrected chi connectivity index (χ2v) is 3.89. The Bertz CT molecular complexity index is 599. The van der Waals surface area contributed by atoms with Crippen LogP contribution in [-0.4, -0.2) is 21.0 Å². The van der Waals surface area contributed by atoms with Crippen LogP contribution in [0.3, 0.4) is 0 Å². The Morgan fingerprint density at radius 3 is 2.58 bits per heavy atom. The molecule has 6 heteroatoms. The Labute approximate surface area is 108 Å². The van der Waals surface area contributed by atoms with Crippen LogP contribution in [0.4, 0.5) is 0 Å². The second-order valence-electron chi connectivity index (χ2n) is 3.89. The van der Waals surface area contributed by atoms with E-state index in [0.29, 0.717) is 17.9 Å². The third kappa shape index (κ3) is 3.95. The lowest BCUT2D eigenvalue weighted by molar-refractivity contribution is -0.136. The van der Waals surface area contributed by atoms with Gasteiger partial charge in [-0.15, -0.1) is 0 Å². The van der Waals surface area contributed by atoms with Crippen molar-refractivity contribution in [1.29, 1.82) is 0 Å². The van der Waals surface area contributed by atoms with Crippen LogP contribution in [-0.2, 0) is 11.2 Å². The van der Waals surface area contributed by atoms with Crippen molar-refractivity contribution >= 4 is 5.97 Å². The predicted molar refractivity (Wildman–Crippen MR) is 67.3 cm³/mol. The Hall–Kier alpha value is -2.63. The fourth-order valence-electron chi connectivity index (χ4n) is 1.50. The molecule has 0 unspecified atom stereocenters. The van der Waals surface area contributed by atoms with Gasteiger partial charge in [-0.1, -0.05) is 12.1 Å². The van der Waals surface area contributed by atoms with E-state index in [9.17, 15) is 9.59 Å². The number of aromatic amines is 1. The lowest BCUT2D eigenvalue weighted by atomic mass is 10.1. The minimum atomic E-state index is -0.820. The van der Waals surface area contributed by atoms with Crippen molar-refractivity contribution < 1.29 is 14.6 Å². The first kappa shape index (κ1) is 12.8. The van der Waals surface area contributed by atoms with Crippen LogP contribution in [0.2, 0.25) is 0 Å². The van der Waals surface area contributed by atoms with Gasteiger partial charge >= 0.3 is 11.7 Å². The number of hydrogen-bond acceptors (Lipinski definition) is 4. The Kier molecular flexibility index (Phi) is 3.92. The fourth-order valence-corrected chi connectivity index (χ4v) is 1.50. The van der Waals surface area contributed by atoms with Gasteiger partial charge < -0.3 is 14.8 Å². The molecule has 0 saturated heterocycles. The van der Waals surface area contributed by atoms with E-state index in [1.807, 2.05) is 0 Å². The van der Waals surface area contributed by atoms with Gasteiger partial charge in [0.05, 0.1) is 12.4 Å². The van der Waals surface area contributed by atoms with Gasteiger partial charge in [-0.2, -0.15) is 4.98 Å². The number of carboxylic acids is 1. The lowest BCUT2D eigenvalue weighted by Gasteiger charge is -2.05. The standard InChI is InChI=1S/C13H12N2O4/c16-12(17)6-3-9-1-4-10(5-2-9)19-11-7-14-13(18)15-8-11/h1-2,4-5,7-8H,3,6H2,(H,16,17)(H,14,15,18). The highest BCUT2D eigenvalue weighted by atomic mass is 16.5. The van der Waals surface area contributed by atoms with Gasteiger partial charge in [0.1, 0.15) is 5.75 Å². The largest absolute Gasteiger partial charge is 0.481 e. The van der Waals surface area contributed by atoms with Crippen LogP contribution in [0.5, 0.6) is 11.5 Å². The Morgan fingerprint density at radius 1 is 1.26 bits per heavy atom. The minimum Gasteiger partial charge on any atom is -0.481 e. The van der Waals surface area contributed by atoms with Crippen LogP contribution in [0.25, 0.3) is 0 Å². The lowest BCUT2D eigenvalue weighted by Crippen LogP contribution is -2.07. The summed E-state index contributed by atoms with van der Waals surface area (Å²) in [5.74, 6) is 0.199. The van der Waals surface area contributed by atoms with Crippen molar-refractivity contribution in [3.63, 3.8) is 0 Å². The zero-order valence-electron chi connectivity index (χ0n) is 10.00. The molecule has 2 aromatic rings. The number of H-pyrrole nitrogens is 1. The Balaban J connectivity index is 2.00. The van der Waals surface area contributed by atoms with E-state index in [0.717, 1.165) is 5.56 Å².